The van der Waals surface area contributed by atoms with E-state index in [1.165, 1.54) is 4.88 Å². The van der Waals surface area contributed by atoms with Crippen LogP contribution in [0.25, 0.3) is 0 Å². The van der Waals surface area contributed by atoms with Crippen LogP contribution >= 0.6 is 11.3 Å². The predicted molar refractivity (Wildman–Crippen MR) is 58.3 cm³/mol. The smallest absolute Gasteiger partial charge is 0.223 e. The van der Waals surface area contributed by atoms with E-state index in [0.717, 1.165) is 13.0 Å². The van der Waals surface area contributed by atoms with Crippen LogP contribution in [0, 0.1) is 11.3 Å². The van der Waals surface area contributed by atoms with Crippen molar-refractivity contribution in [1.29, 1.82) is 0 Å². The number of carbonyl (C=O) groups is 1. The molecule has 0 bridgehead atoms. The standard InChI is InChI=1S/C11H15NOS/c1-8-10(13)12-7-11(8,2)6-9-4-3-5-14-9/h3-5,8H,6-7H2,1-2H3,(H,12,13). The summed E-state index contributed by atoms with van der Waals surface area (Å²) in [5.74, 6) is 0.327. The molecule has 0 aliphatic carbocycles. The second-order valence-corrected chi connectivity index (χ2v) is 5.38. The largest absolute Gasteiger partial charge is 0.355 e. The van der Waals surface area contributed by atoms with Crippen LogP contribution in [0.2, 0.25) is 0 Å². The molecule has 1 aromatic rings. The highest BCUT2D eigenvalue weighted by molar-refractivity contribution is 7.09. The van der Waals surface area contributed by atoms with E-state index in [0.29, 0.717) is 0 Å². The molecule has 3 heteroatoms. The molecule has 14 heavy (non-hydrogen) atoms. The first-order chi connectivity index (χ1) is 6.62. The van der Waals surface area contributed by atoms with E-state index in [1.54, 1.807) is 11.3 Å². The minimum Gasteiger partial charge on any atom is -0.355 e. The summed E-state index contributed by atoms with van der Waals surface area (Å²) in [5.41, 5.74) is 0.0991. The van der Waals surface area contributed by atoms with Gasteiger partial charge in [0.2, 0.25) is 5.91 Å². The van der Waals surface area contributed by atoms with E-state index in [1.807, 2.05) is 6.92 Å². The molecular formula is C11H15NOS. The first kappa shape index (κ1) is 9.71. The zero-order valence-corrected chi connectivity index (χ0v) is 9.36. The molecule has 1 saturated heterocycles. The fourth-order valence-corrected chi connectivity index (χ4v) is 2.84. The van der Waals surface area contributed by atoms with E-state index in [2.05, 4.69) is 29.8 Å². The lowest BCUT2D eigenvalue weighted by Gasteiger charge is -2.25. The van der Waals surface area contributed by atoms with Crippen LogP contribution in [0.5, 0.6) is 0 Å². The van der Waals surface area contributed by atoms with Gasteiger partial charge in [0.25, 0.3) is 0 Å². The van der Waals surface area contributed by atoms with E-state index in [4.69, 9.17) is 0 Å². The minimum absolute atomic E-state index is 0.0991. The second kappa shape index (κ2) is 3.39. The number of hydrogen-bond donors (Lipinski definition) is 1. The van der Waals surface area contributed by atoms with Crippen molar-refractivity contribution in [3.8, 4) is 0 Å². The molecule has 0 radical (unpaired) electrons. The highest BCUT2D eigenvalue weighted by Gasteiger charge is 2.41. The summed E-state index contributed by atoms with van der Waals surface area (Å²) in [4.78, 5) is 12.8. The molecule has 0 aromatic carbocycles. The highest BCUT2D eigenvalue weighted by atomic mass is 32.1. The number of carbonyl (C=O) groups excluding carboxylic acids is 1. The van der Waals surface area contributed by atoms with Crippen LogP contribution in [-0.2, 0) is 11.2 Å². The number of amides is 1. The quantitative estimate of drug-likeness (QED) is 0.793. The van der Waals surface area contributed by atoms with Gasteiger partial charge in [-0.1, -0.05) is 19.9 Å². The SMILES string of the molecule is CC1C(=O)NCC1(C)Cc1cccs1. The third kappa shape index (κ3) is 1.57. The Hall–Kier alpha value is -0.830. The predicted octanol–water partition coefficient (Wildman–Crippen LogP) is 2.06. The minimum atomic E-state index is 0.0991. The lowest BCUT2D eigenvalue weighted by Crippen LogP contribution is -2.27. The number of thiophene rings is 1. The Bertz CT molecular complexity index is 333. The Kier molecular flexibility index (Phi) is 2.35. The van der Waals surface area contributed by atoms with Crippen molar-refractivity contribution in [3.05, 3.63) is 22.4 Å². The van der Waals surface area contributed by atoms with Crippen LogP contribution < -0.4 is 5.32 Å². The molecular weight excluding hydrogens is 194 g/mol. The summed E-state index contributed by atoms with van der Waals surface area (Å²) in [6.45, 7) is 5.02. The Morgan fingerprint density at radius 2 is 2.50 bits per heavy atom. The van der Waals surface area contributed by atoms with Crippen LogP contribution in [0.1, 0.15) is 18.7 Å². The van der Waals surface area contributed by atoms with Gasteiger partial charge in [-0.05, 0) is 17.9 Å². The third-order valence-electron chi connectivity index (χ3n) is 3.26. The summed E-state index contributed by atoms with van der Waals surface area (Å²) < 4.78 is 0. The first-order valence-electron chi connectivity index (χ1n) is 4.92. The molecule has 1 aliphatic heterocycles. The second-order valence-electron chi connectivity index (χ2n) is 4.35. The van der Waals surface area contributed by atoms with Crippen LogP contribution in [-0.4, -0.2) is 12.5 Å². The van der Waals surface area contributed by atoms with Crippen LogP contribution in [0.15, 0.2) is 17.5 Å². The van der Waals surface area contributed by atoms with Gasteiger partial charge in [-0.2, -0.15) is 0 Å². The van der Waals surface area contributed by atoms with E-state index in [9.17, 15) is 4.79 Å². The summed E-state index contributed by atoms with van der Waals surface area (Å²) in [6, 6.07) is 4.21. The Balaban J connectivity index is 2.14. The molecule has 1 aliphatic rings. The molecule has 76 valence electrons. The average Bonchev–Trinajstić information content (AvgIpc) is 2.72. The van der Waals surface area contributed by atoms with Gasteiger partial charge < -0.3 is 5.32 Å². The van der Waals surface area contributed by atoms with Crippen molar-refractivity contribution in [3.63, 3.8) is 0 Å². The summed E-state index contributed by atoms with van der Waals surface area (Å²) in [6.07, 6.45) is 1.00. The summed E-state index contributed by atoms with van der Waals surface area (Å²) >= 11 is 1.77. The Morgan fingerprint density at radius 1 is 1.71 bits per heavy atom. The van der Waals surface area contributed by atoms with E-state index < -0.39 is 0 Å². The monoisotopic (exact) mass is 209 g/mol. The normalized spacial score (nSPS) is 31.9. The van der Waals surface area contributed by atoms with Crippen molar-refractivity contribution in [2.24, 2.45) is 11.3 Å². The average molecular weight is 209 g/mol. The van der Waals surface area contributed by atoms with Crippen molar-refractivity contribution in [2.75, 3.05) is 6.54 Å². The fourth-order valence-electron chi connectivity index (χ4n) is 1.94. The Labute approximate surface area is 88.3 Å². The van der Waals surface area contributed by atoms with Crippen LogP contribution in [0.3, 0.4) is 0 Å². The maximum absolute atomic E-state index is 11.4. The lowest BCUT2D eigenvalue weighted by molar-refractivity contribution is -0.123. The molecule has 2 nitrogen and oxygen atoms in total. The summed E-state index contributed by atoms with van der Waals surface area (Å²) in [7, 11) is 0. The van der Waals surface area contributed by atoms with Crippen molar-refractivity contribution >= 4 is 17.2 Å². The van der Waals surface area contributed by atoms with E-state index >= 15 is 0 Å². The first-order valence-corrected chi connectivity index (χ1v) is 5.80. The summed E-state index contributed by atoms with van der Waals surface area (Å²) in [5, 5.41) is 5.03. The molecule has 2 unspecified atom stereocenters. The molecule has 0 saturated carbocycles. The zero-order chi connectivity index (χ0) is 10.2. The Morgan fingerprint density at radius 3 is 3.00 bits per heavy atom. The number of nitrogens with one attached hydrogen (secondary N) is 1. The molecule has 2 heterocycles. The number of hydrogen-bond acceptors (Lipinski definition) is 2. The van der Waals surface area contributed by atoms with Gasteiger partial charge in [-0.15, -0.1) is 11.3 Å². The maximum atomic E-state index is 11.4. The molecule has 1 amide bonds. The zero-order valence-electron chi connectivity index (χ0n) is 8.54. The topological polar surface area (TPSA) is 29.1 Å². The van der Waals surface area contributed by atoms with Gasteiger partial charge in [-0.25, -0.2) is 0 Å². The van der Waals surface area contributed by atoms with Gasteiger partial charge in [-0.3, -0.25) is 4.79 Å². The molecule has 2 rings (SSSR count). The van der Waals surface area contributed by atoms with E-state index in [-0.39, 0.29) is 17.2 Å². The highest BCUT2D eigenvalue weighted by Crippen LogP contribution is 2.35. The molecule has 1 fully saturated rings. The third-order valence-corrected chi connectivity index (χ3v) is 4.14. The van der Waals surface area contributed by atoms with Gasteiger partial charge in [0.1, 0.15) is 0 Å². The van der Waals surface area contributed by atoms with Gasteiger partial charge in [0.05, 0.1) is 0 Å². The molecule has 0 spiro atoms. The lowest BCUT2D eigenvalue weighted by atomic mass is 9.77. The van der Waals surface area contributed by atoms with Gasteiger partial charge >= 0.3 is 0 Å². The molecule has 1 N–H and O–H groups in total. The van der Waals surface area contributed by atoms with Crippen molar-refractivity contribution < 1.29 is 4.79 Å². The van der Waals surface area contributed by atoms with Gasteiger partial charge in [0, 0.05) is 22.8 Å². The molecule has 1 aromatic heterocycles. The van der Waals surface area contributed by atoms with Crippen LogP contribution in [0.4, 0.5) is 0 Å². The number of rotatable bonds is 2. The van der Waals surface area contributed by atoms with Gasteiger partial charge in [0.15, 0.2) is 0 Å². The fraction of sp³-hybridized carbons (Fsp3) is 0.545. The molecule has 2 atom stereocenters. The van der Waals surface area contributed by atoms with Crippen molar-refractivity contribution in [1.82, 2.24) is 5.32 Å². The van der Waals surface area contributed by atoms with Crippen molar-refractivity contribution in [2.45, 2.75) is 20.3 Å². The maximum Gasteiger partial charge on any atom is 0.223 e.